The Morgan fingerprint density at radius 2 is 1.66 bits per heavy atom. The number of nitrogens with zero attached hydrogens (tertiary/aromatic N) is 3. The van der Waals surface area contributed by atoms with Gasteiger partial charge in [0.1, 0.15) is 11.2 Å². The van der Waals surface area contributed by atoms with Gasteiger partial charge in [0, 0.05) is 19.6 Å². The lowest BCUT2D eigenvalue weighted by molar-refractivity contribution is -0.133. The lowest BCUT2D eigenvalue weighted by Crippen LogP contribution is -2.64. The third-order valence-corrected chi connectivity index (χ3v) is 6.38. The molecule has 1 aliphatic heterocycles. The van der Waals surface area contributed by atoms with Crippen molar-refractivity contribution in [3.8, 4) is 0 Å². The molecule has 0 bridgehead atoms. The standard InChI is InChI=1S/C27H31N5O3/c1-4-14-32-25(34)23-22(24(33)28-15-21-12-10-19(2)11-13-21)30-18-31(23)17-27(32,3)26(35)29-16-20-8-6-5-7-9-20/h5-13,18H,4,14-17H2,1-3H3,(H,28,33)(H,29,35)/t27-/m1/s1. The maximum Gasteiger partial charge on any atom is 0.273 e. The zero-order valence-electron chi connectivity index (χ0n) is 20.4. The van der Waals surface area contributed by atoms with E-state index in [9.17, 15) is 14.4 Å². The van der Waals surface area contributed by atoms with Crippen molar-refractivity contribution < 1.29 is 14.4 Å². The summed E-state index contributed by atoms with van der Waals surface area (Å²) in [7, 11) is 0. The first-order chi connectivity index (χ1) is 16.8. The monoisotopic (exact) mass is 473 g/mol. The molecule has 0 saturated heterocycles. The molecule has 2 heterocycles. The number of benzene rings is 2. The number of hydrogen-bond acceptors (Lipinski definition) is 4. The summed E-state index contributed by atoms with van der Waals surface area (Å²) in [4.78, 5) is 45.7. The molecule has 4 rings (SSSR count). The summed E-state index contributed by atoms with van der Waals surface area (Å²) < 4.78 is 1.62. The first kappa shape index (κ1) is 24.2. The molecule has 0 radical (unpaired) electrons. The van der Waals surface area contributed by atoms with Crippen LogP contribution in [0.2, 0.25) is 0 Å². The molecule has 0 saturated carbocycles. The molecule has 2 N–H and O–H groups in total. The van der Waals surface area contributed by atoms with E-state index in [4.69, 9.17) is 0 Å². The lowest BCUT2D eigenvalue weighted by Gasteiger charge is -2.43. The molecule has 182 valence electrons. The van der Waals surface area contributed by atoms with Crippen LogP contribution in [0.25, 0.3) is 0 Å². The predicted octanol–water partition coefficient (Wildman–Crippen LogP) is 3.06. The minimum absolute atomic E-state index is 0.0787. The Morgan fingerprint density at radius 1 is 1.00 bits per heavy atom. The normalized spacial score (nSPS) is 17.1. The molecule has 35 heavy (non-hydrogen) atoms. The van der Waals surface area contributed by atoms with Gasteiger partial charge in [0.15, 0.2) is 5.69 Å². The largest absolute Gasteiger partial charge is 0.350 e. The van der Waals surface area contributed by atoms with Gasteiger partial charge in [0.05, 0.1) is 12.9 Å². The van der Waals surface area contributed by atoms with Crippen LogP contribution in [0.15, 0.2) is 60.9 Å². The second-order valence-electron chi connectivity index (χ2n) is 9.14. The maximum absolute atomic E-state index is 13.6. The van der Waals surface area contributed by atoms with Gasteiger partial charge in [-0.1, -0.05) is 67.1 Å². The van der Waals surface area contributed by atoms with Crippen LogP contribution in [0.5, 0.6) is 0 Å². The molecule has 8 nitrogen and oxygen atoms in total. The average molecular weight is 474 g/mol. The summed E-state index contributed by atoms with van der Waals surface area (Å²) >= 11 is 0. The molecule has 0 unspecified atom stereocenters. The van der Waals surface area contributed by atoms with E-state index < -0.39 is 11.4 Å². The van der Waals surface area contributed by atoms with Crippen molar-refractivity contribution in [2.75, 3.05) is 6.54 Å². The van der Waals surface area contributed by atoms with Crippen molar-refractivity contribution in [2.45, 2.75) is 52.4 Å². The van der Waals surface area contributed by atoms with E-state index in [1.807, 2.05) is 68.4 Å². The van der Waals surface area contributed by atoms with E-state index >= 15 is 0 Å². The highest BCUT2D eigenvalue weighted by atomic mass is 16.2. The molecule has 2 aromatic carbocycles. The van der Waals surface area contributed by atoms with Crippen LogP contribution in [-0.4, -0.2) is 44.3 Å². The van der Waals surface area contributed by atoms with Crippen molar-refractivity contribution in [3.05, 3.63) is 89.0 Å². The van der Waals surface area contributed by atoms with E-state index in [-0.39, 0.29) is 29.7 Å². The van der Waals surface area contributed by atoms with E-state index in [0.29, 0.717) is 26.1 Å². The van der Waals surface area contributed by atoms with Gasteiger partial charge in [-0.15, -0.1) is 0 Å². The summed E-state index contributed by atoms with van der Waals surface area (Å²) in [5.41, 5.74) is 2.26. The number of hydrogen-bond donors (Lipinski definition) is 2. The maximum atomic E-state index is 13.6. The number of carbonyl (C=O) groups excluding carboxylic acids is 3. The quantitative estimate of drug-likeness (QED) is 0.526. The predicted molar refractivity (Wildman–Crippen MR) is 133 cm³/mol. The Bertz CT molecular complexity index is 1220. The Hall–Kier alpha value is -3.94. The number of aromatic nitrogens is 2. The third-order valence-electron chi connectivity index (χ3n) is 6.38. The summed E-state index contributed by atoms with van der Waals surface area (Å²) in [5.74, 6) is -1.03. The van der Waals surface area contributed by atoms with Gasteiger partial charge in [-0.25, -0.2) is 4.98 Å². The molecule has 0 spiro atoms. The van der Waals surface area contributed by atoms with Gasteiger partial charge < -0.3 is 20.1 Å². The minimum atomic E-state index is -1.11. The van der Waals surface area contributed by atoms with E-state index in [1.165, 1.54) is 6.33 Å². The second kappa shape index (κ2) is 10.1. The van der Waals surface area contributed by atoms with Crippen molar-refractivity contribution in [3.63, 3.8) is 0 Å². The number of carbonyl (C=O) groups is 3. The van der Waals surface area contributed by atoms with Crippen LogP contribution in [0, 0.1) is 6.92 Å². The average Bonchev–Trinajstić information content (AvgIpc) is 3.29. The van der Waals surface area contributed by atoms with Crippen molar-refractivity contribution in [1.29, 1.82) is 0 Å². The molecule has 1 aliphatic rings. The smallest absolute Gasteiger partial charge is 0.273 e. The van der Waals surface area contributed by atoms with Crippen LogP contribution < -0.4 is 10.6 Å². The second-order valence-corrected chi connectivity index (χ2v) is 9.14. The Labute approximate surface area is 205 Å². The molecule has 0 aliphatic carbocycles. The van der Waals surface area contributed by atoms with Crippen LogP contribution in [0.1, 0.15) is 57.9 Å². The highest BCUT2D eigenvalue weighted by Crippen LogP contribution is 2.29. The Morgan fingerprint density at radius 3 is 2.34 bits per heavy atom. The molecule has 3 amide bonds. The fraction of sp³-hybridized carbons (Fsp3) is 0.333. The van der Waals surface area contributed by atoms with E-state index in [2.05, 4.69) is 15.6 Å². The van der Waals surface area contributed by atoms with E-state index in [1.54, 1.807) is 16.4 Å². The van der Waals surface area contributed by atoms with Gasteiger partial charge >= 0.3 is 0 Å². The highest BCUT2D eigenvalue weighted by Gasteiger charge is 2.48. The van der Waals surface area contributed by atoms with Crippen molar-refractivity contribution >= 4 is 17.7 Å². The molecule has 1 atom stereocenters. The SMILES string of the molecule is CCCN1C(=O)c2c(C(=O)NCc3ccc(C)cc3)ncn2C[C@]1(C)C(=O)NCc1ccccc1. The Balaban J connectivity index is 1.54. The summed E-state index contributed by atoms with van der Waals surface area (Å²) in [5, 5.41) is 5.83. The fourth-order valence-electron chi connectivity index (χ4n) is 4.37. The molecule has 8 heteroatoms. The lowest BCUT2D eigenvalue weighted by atomic mass is 9.94. The minimum Gasteiger partial charge on any atom is -0.350 e. The fourth-order valence-corrected chi connectivity index (χ4v) is 4.37. The number of fused-ring (bicyclic) bond motifs is 1. The molecule has 0 fully saturated rings. The Kier molecular flexibility index (Phi) is 7.00. The van der Waals surface area contributed by atoms with Gasteiger partial charge in [-0.05, 0) is 31.4 Å². The van der Waals surface area contributed by atoms with Crippen LogP contribution in [0.3, 0.4) is 0 Å². The van der Waals surface area contributed by atoms with Crippen LogP contribution >= 0.6 is 0 Å². The summed E-state index contributed by atoms with van der Waals surface area (Å²) in [6, 6.07) is 17.5. The van der Waals surface area contributed by atoms with Gasteiger partial charge in [0.25, 0.3) is 11.8 Å². The van der Waals surface area contributed by atoms with Crippen molar-refractivity contribution in [2.24, 2.45) is 0 Å². The number of amides is 3. The van der Waals surface area contributed by atoms with Crippen LogP contribution in [0.4, 0.5) is 0 Å². The number of aryl methyl sites for hydroxylation is 1. The summed E-state index contributed by atoms with van der Waals surface area (Å²) in [6.45, 7) is 7.03. The number of imidazole rings is 1. The zero-order valence-corrected chi connectivity index (χ0v) is 20.4. The third kappa shape index (κ3) is 4.96. The zero-order chi connectivity index (χ0) is 25.0. The summed E-state index contributed by atoms with van der Waals surface area (Å²) in [6.07, 6.45) is 2.15. The first-order valence-corrected chi connectivity index (χ1v) is 11.9. The molecule has 3 aromatic rings. The van der Waals surface area contributed by atoms with E-state index in [0.717, 1.165) is 16.7 Å². The number of rotatable bonds is 8. The van der Waals surface area contributed by atoms with Crippen molar-refractivity contribution in [1.82, 2.24) is 25.1 Å². The molecular formula is C27H31N5O3. The molecular weight excluding hydrogens is 442 g/mol. The first-order valence-electron chi connectivity index (χ1n) is 11.9. The number of nitrogens with one attached hydrogen (secondary N) is 2. The van der Waals surface area contributed by atoms with Gasteiger partial charge in [-0.3, -0.25) is 14.4 Å². The van der Waals surface area contributed by atoms with Gasteiger partial charge in [-0.2, -0.15) is 0 Å². The molecule has 1 aromatic heterocycles. The highest BCUT2D eigenvalue weighted by molar-refractivity contribution is 6.07. The van der Waals surface area contributed by atoms with Crippen LogP contribution in [-0.2, 0) is 24.4 Å². The van der Waals surface area contributed by atoms with Gasteiger partial charge in [0.2, 0.25) is 5.91 Å². The topological polar surface area (TPSA) is 96.3 Å².